The van der Waals surface area contributed by atoms with Crippen LogP contribution in [0.5, 0.6) is 0 Å². The zero-order valence-electron chi connectivity index (χ0n) is 12.4. The number of aliphatic carboxylic acids is 1. The molecule has 0 saturated carbocycles. The summed E-state index contributed by atoms with van der Waals surface area (Å²) in [5.41, 5.74) is 1.36. The molecule has 7 heteroatoms. The van der Waals surface area contributed by atoms with Crippen LogP contribution in [0.25, 0.3) is 17.4 Å². The highest BCUT2D eigenvalue weighted by atomic mass is 16.6. The van der Waals surface area contributed by atoms with E-state index in [1.54, 1.807) is 13.0 Å². The number of rotatable bonds is 4. The minimum atomic E-state index is -1.37. The Kier molecular flexibility index (Phi) is 4.27. The highest BCUT2D eigenvalue weighted by Gasteiger charge is 2.19. The Hall–Kier alpha value is -3.40. The SMILES string of the molecule is Cc1cc(-c2ccc(/C=C(\C#N)C(=O)O)o2)c([N+](=O)[O-])cc1C. The molecule has 0 aliphatic rings. The second kappa shape index (κ2) is 6.15. The number of carboxylic acids is 1. The van der Waals surface area contributed by atoms with E-state index >= 15 is 0 Å². The van der Waals surface area contributed by atoms with Gasteiger partial charge in [-0.1, -0.05) is 0 Å². The van der Waals surface area contributed by atoms with Crippen LogP contribution in [-0.4, -0.2) is 16.0 Å². The van der Waals surface area contributed by atoms with Gasteiger partial charge in [-0.05, 0) is 43.2 Å². The van der Waals surface area contributed by atoms with E-state index < -0.39 is 16.5 Å². The molecule has 0 radical (unpaired) electrons. The first-order chi connectivity index (χ1) is 10.8. The van der Waals surface area contributed by atoms with Crippen LogP contribution in [0.15, 0.2) is 34.3 Å². The van der Waals surface area contributed by atoms with Crippen molar-refractivity contribution in [3.8, 4) is 17.4 Å². The van der Waals surface area contributed by atoms with Crippen LogP contribution in [0.2, 0.25) is 0 Å². The Morgan fingerprint density at radius 3 is 2.57 bits per heavy atom. The number of nitro benzene ring substituents is 1. The summed E-state index contributed by atoms with van der Waals surface area (Å²) in [4.78, 5) is 21.5. The van der Waals surface area contributed by atoms with E-state index in [1.165, 1.54) is 24.3 Å². The largest absolute Gasteiger partial charge is 0.477 e. The molecule has 0 saturated heterocycles. The van der Waals surface area contributed by atoms with Gasteiger partial charge in [0.05, 0.1) is 10.5 Å². The third-order valence-corrected chi connectivity index (χ3v) is 3.34. The molecule has 1 aromatic carbocycles. The van der Waals surface area contributed by atoms with E-state index in [9.17, 15) is 14.9 Å². The lowest BCUT2D eigenvalue weighted by molar-refractivity contribution is -0.384. The van der Waals surface area contributed by atoms with Gasteiger partial charge in [0.25, 0.3) is 5.69 Å². The first-order valence-corrected chi connectivity index (χ1v) is 6.54. The second-order valence-corrected chi connectivity index (χ2v) is 4.89. The molecular weight excluding hydrogens is 300 g/mol. The molecule has 2 aromatic rings. The van der Waals surface area contributed by atoms with Crippen molar-refractivity contribution >= 4 is 17.7 Å². The van der Waals surface area contributed by atoms with Gasteiger partial charge in [-0.2, -0.15) is 5.26 Å². The van der Waals surface area contributed by atoms with Crippen LogP contribution in [0.1, 0.15) is 16.9 Å². The molecule has 0 fully saturated rings. The molecule has 1 heterocycles. The van der Waals surface area contributed by atoms with E-state index in [1.807, 2.05) is 6.92 Å². The Bertz CT molecular complexity index is 871. The van der Waals surface area contributed by atoms with Crippen molar-refractivity contribution in [1.29, 1.82) is 5.26 Å². The molecule has 0 spiro atoms. The molecule has 0 atom stereocenters. The fourth-order valence-corrected chi connectivity index (χ4v) is 2.01. The van der Waals surface area contributed by atoms with Crippen molar-refractivity contribution in [3.05, 3.63) is 56.8 Å². The van der Waals surface area contributed by atoms with Crippen molar-refractivity contribution in [2.45, 2.75) is 13.8 Å². The lowest BCUT2D eigenvalue weighted by atomic mass is 10.0. The van der Waals surface area contributed by atoms with Gasteiger partial charge in [-0.25, -0.2) is 4.79 Å². The Balaban J connectivity index is 2.54. The van der Waals surface area contributed by atoms with Crippen molar-refractivity contribution in [2.75, 3.05) is 0 Å². The van der Waals surface area contributed by atoms with E-state index in [0.717, 1.165) is 17.2 Å². The molecule has 0 unspecified atom stereocenters. The van der Waals surface area contributed by atoms with Gasteiger partial charge < -0.3 is 9.52 Å². The molecule has 0 bridgehead atoms. The van der Waals surface area contributed by atoms with Crippen molar-refractivity contribution in [1.82, 2.24) is 0 Å². The highest BCUT2D eigenvalue weighted by molar-refractivity contribution is 5.96. The summed E-state index contributed by atoms with van der Waals surface area (Å²) in [6.07, 6.45) is 1.07. The van der Waals surface area contributed by atoms with Crippen molar-refractivity contribution in [3.63, 3.8) is 0 Å². The summed E-state index contributed by atoms with van der Waals surface area (Å²) < 4.78 is 5.44. The number of carbonyl (C=O) groups is 1. The Morgan fingerprint density at radius 1 is 1.35 bits per heavy atom. The average Bonchev–Trinajstić information content (AvgIpc) is 2.95. The van der Waals surface area contributed by atoms with E-state index in [4.69, 9.17) is 14.8 Å². The zero-order chi connectivity index (χ0) is 17.1. The first kappa shape index (κ1) is 16.0. The predicted molar refractivity (Wildman–Crippen MR) is 81.5 cm³/mol. The van der Waals surface area contributed by atoms with Crippen molar-refractivity contribution in [2.24, 2.45) is 0 Å². The summed E-state index contributed by atoms with van der Waals surface area (Å²) in [5.74, 6) is -1.01. The molecule has 23 heavy (non-hydrogen) atoms. The monoisotopic (exact) mass is 312 g/mol. The standard InChI is InChI=1S/C16H12N2O5/c1-9-5-13(14(18(21)22)6-10(9)2)15-4-3-12(23-15)7-11(8-17)16(19)20/h3-7H,1-2H3,(H,19,20)/b11-7+. The summed E-state index contributed by atoms with van der Waals surface area (Å²) in [6, 6.07) is 7.59. The maximum atomic E-state index is 11.2. The molecule has 0 aliphatic heterocycles. The maximum absolute atomic E-state index is 11.2. The summed E-state index contributed by atoms with van der Waals surface area (Å²) >= 11 is 0. The predicted octanol–water partition coefficient (Wildman–Crippen LogP) is 3.46. The number of carboxylic acid groups (broad SMARTS) is 1. The molecule has 7 nitrogen and oxygen atoms in total. The summed E-state index contributed by atoms with van der Waals surface area (Å²) in [5, 5.41) is 28.8. The highest BCUT2D eigenvalue weighted by Crippen LogP contribution is 2.34. The quantitative estimate of drug-likeness (QED) is 0.400. The number of nitrogens with zero attached hydrogens (tertiary/aromatic N) is 2. The zero-order valence-corrected chi connectivity index (χ0v) is 12.4. The third kappa shape index (κ3) is 3.27. The fraction of sp³-hybridized carbons (Fsp3) is 0.125. The topological polar surface area (TPSA) is 117 Å². The minimum Gasteiger partial charge on any atom is -0.477 e. The second-order valence-electron chi connectivity index (χ2n) is 4.89. The van der Waals surface area contributed by atoms with Crippen LogP contribution >= 0.6 is 0 Å². The van der Waals surface area contributed by atoms with Gasteiger partial charge >= 0.3 is 5.97 Å². The number of aryl methyl sites for hydroxylation is 2. The fourth-order valence-electron chi connectivity index (χ4n) is 2.01. The number of nitro groups is 1. The number of furan rings is 1. The third-order valence-electron chi connectivity index (χ3n) is 3.34. The van der Waals surface area contributed by atoms with Crippen LogP contribution in [0.4, 0.5) is 5.69 Å². The van der Waals surface area contributed by atoms with Gasteiger partial charge in [0.15, 0.2) is 0 Å². The lowest BCUT2D eigenvalue weighted by Crippen LogP contribution is -1.96. The van der Waals surface area contributed by atoms with Gasteiger partial charge in [0.2, 0.25) is 0 Å². The molecule has 0 aliphatic carbocycles. The summed E-state index contributed by atoms with van der Waals surface area (Å²) in [6.45, 7) is 3.60. The van der Waals surface area contributed by atoms with Gasteiger partial charge in [-0.15, -0.1) is 0 Å². The van der Waals surface area contributed by atoms with E-state index in [0.29, 0.717) is 5.56 Å². The number of benzene rings is 1. The molecule has 2 rings (SSSR count). The smallest absolute Gasteiger partial charge is 0.346 e. The number of hydrogen-bond donors (Lipinski definition) is 1. The van der Waals surface area contributed by atoms with Crippen LogP contribution in [-0.2, 0) is 4.79 Å². The normalized spacial score (nSPS) is 11.1. The van der Waals surface area contributed by atoms with Gasteiger partial charge in [-0.3, -0.25) is 10.1 Å². The van der Waals surface area contributed by atoms with Crippen LogP contribution in [0.3, 0.4) is 0 Å². The van der Waals surface area contributed by atoms with Gasteiger partial charge in [0, 0.05) is 12.1 Å². The average molecular weight is 312 g/mol. The summed E-state index contributed by atoms with van der Waals surface area (Å²) in [7, 11) is 0. The van der Waals surface area contributed by atoms with Gasteiger partial charge in [0.1, 0.15) is 23.2 Å². The number of hydrogen-bond acceptors (Lipinski definition) is 5. The molecule has 1 N–H and O–H groups in total. The molecule has 1 aromatic heterocycles. The molecular formula is C16H12N2O5. The first-order valence-electron chi connectivity index (χ1n) is 6.54. The Labute approximate surface area is 131 Å². The maximum Gasteiger partial charge on any atom is 0.346 e. The lowest BCUT2D eigenvalue weighted by Gasteiger charge is -2.04. The molecule has 116 valence electrons. The van der Waals surface area contributed by atoms with Crippen LogP contribution in [0, 0.1) is 35.3 Å². The van der Waals surface area contributed by atoms with E-state index in [-0.39, 0.29) is 17.2 Å². The Morgan fingerprint density at radius 2 is 2.00 bits per heavy atom. The molecule has 0 amide bonds. The minimum absolute atomic E-state index is 0.100. The van der Waals surface area contributed by atoms with Crippen LogP contribution < -0.4 is 0 Å². The number of nitriles is 1. The van der Waals surface area contributed by atoms with Crippen molar-refractivity contribution < 1.29 is 19.2 Å². The van der Waals surface area contributed by atoms with E-state index in [2.05, 4.69) is 0 Å².